The Morgan fingerprint density at radius 2 is 0.491 bits per heavy atom. The van der Waals surface area contributed by atoms with E-state index in [0.717, 1.165) is 18.5 Å². The van der Waals surface area contributed by atoms with E-state index in [1.807, 2.05) is 109 Å². The van der Waals surface area contributed by atoms with Gasteiger partial charge in [0, 0.05) is 19.3 Å². The van der Waals surface area contributed by atoms with Crippen LogP contribution in [0.4, 0.5) is 0 Å². The summed E-state index contributed by atoms with van der Waals surface area (Å²) >= 11 is 0. The molecule has 0 aliphatic heterocycles. The molecule has 0 bridgehead atoms. The molecular formula is C46H51N3O4P3Rh. The number of carbonyl (C=O) groups is 3. The van der Waals surface area contributed by atoms with E-state index >= 15 is 0 Å². The zero-order valence-electron chi connectivity index (χ0n) is 34.6. The van der Waals surface area contributed by atoms with Gasteiger partial charge in [-0.2, -0.15) is 0 Å². The first-order valence-electron chi connectivity index (χ1n) is 18.0. The van der Waals surface area contributed by atoms with Gasteiger partial charge in [0.05, 0.1) is 0 Å². The van der Waals surface area contributed by atoms with Crippen molar-refractivity contribution < 1.29 is 42.9 Å². The summed E-state index contributed by atoms with van der Waals surface area (Å²) < 4.78 is 0. The van der Waals surface area contributed by atoms with Crippen molar-refractivity contribution in [1.82, 2.24) is 0 Å². The molecule has 0 aliphatic rings. The van der Waals surface area contributed by atoms with Gasteiger partial charge in [-0.25, -0.2) is 0 Å². The summed E-state index contributed by atoms with van der Waals surface area (Å²) in [5, 5.41) is 7.75. The smallest absolute Gasteiger partial charge is 1.00 e. The Labute approximate surface area is 358 Å². The summed E-state index contributed by atoms with van der Waals surface area (Å²) in [6, 6.07) is 62.0. The van der Waals surface area contributed by atoms with E-state index in [-0.39, 0.29) is 41.5 Å². The second-order valence-corrected chi connectivity index (χ2v) is 19.1. The Morgan fingerprint density at radius 3 is 0.614 bits per heavy atom. The van der Waals surface area contributed by atoms with Crippen LogP contribution in [0.2, 0.25) is 0 Å². The molecule has 6 aromatic carbocycles. The van der Waals surface area contributed by atoms with Crippen molar-refractivity contribution in [2.24, 2.45) is 17.2 Å². The largest absolute Gasteiger partial charge is 3.00 e. The fraction of sp³-hybridized carbons (Fsp3) is 0.130. The van der Waals surface area contributed by atoms with E-state index in [1.165, 1.54) is 31.8 Å². The van der Waals surface area contributed by atoms with Crippen LogP contribution in [-0.4, -0.2) is 43.0 Å². The van der Waals surface area contributed by atoms with Gasteiger partial charge in [-0.15, -0.1) is 0 Å². The normalized spacial score (nSPS) is 10.0. The van der Waals surface area contributed by atoms with E-state index in [9.17, 15) is 14.4 Å². The number of nitrogens with two attached hydrogens (primary N) is 3. The number of benzene rings is 6. The summed E-state index contributed by atoms with van der Waals surface area (Å²) in [5.74, 6) is -0.682. The van der Waals surface area contributed by atoms with Crippen LogP contribution in [0.5, 0.6) is 0 Å². The molecule has 0 aliphatic carbocycles. The number of carbonyl (C=O) groups excluding carboxylic acids is 4. The van der Waals surface area contributed by atoms with Crippen LogP contribution in [-0.2, 0) is 38.7 Å². The molecule has 7 nitrogen and oxygen atoms in total. The summed E-state index contributed by atoms with van der Waals surface area (Å²) in [5.41, 5.74) is 15.8. The van der Waals surface area contributed by atoms with Gasteiger partial charge in [-0.1, -0.05) is 182 Å². The van der Waals surface area contributed by atoms with Gasteiger partial charge < -0.3 is 21.5 Å². The molecule has 0 saturated heterocycles. The minimum absolute atomic E-state index is 0. The molecule has 298 valence electrons. The van der Waals surface area contributed by atoms with Gasteiger partial charge >= 0.3 is 19.5 Å². The Balaban J connectivity index is 0. The topological polar surface area (TPSA) is 146 Å². The Hall–Kier alpha value is -4.69. The number of hydrogen-bond acceptors (Lipinski definition) is 4. The fourth-order valence-corrected chi connectivity index (χ4v) is 12.5. The first kappa shape index (κ1) is 48.5. The van der Waals surface area contributed by atoms with Crippen molar-refractivity contribution in [2.75, 3.05) is 18.5 Å². The molecule has 11 heteroatoms. The second-order valence-electron chi connectivity index (χ2n) is 12.1. The van der Waals surface area contributed by atoms with Crippen LogP contribution >= 0.6 is 23.8 Å². The molecule has 0 spiro atoms. The molecule has 0 unspecified atom stereocenters. The van der Waals surface area contributed by atoms with Crippen molar-refractivity contribution in [3.05, 3.63) is 182 Å². The van der Waals surface area contributed by atoms with Crippen molar-refractivity contribution in [1.29, 1.82) is 0 Å². The predicted octanol–water partition coefficient (Wildman–Crippen LogP) is 5.92. The third-order valence-corrected chi connectivity index (χ3v) is 15.7. The summed E-state index contributed by atoms with van der Waals surface area (Å²) in [6.45, 7) is 4.50. The van der Waals surface area contributed by atoms with Crippen LogP contribution in [0.15, 0.2) is 182 Å². The molecule has 0 fully saturated rings. The van der Waals surface area contributed by atoms with E-state index in [0.29, 0.717) is 19.3 Å². The van der Waals surface area contributed by atoms with Crippen LogP contribution in [0.3, 0.4) is 0 Å². The van der Waals surface area contributed by atoms with E-state index in [2.05, 4.69) is 79.6 Å². The molecule has 0 saturated carbocycles. The van der Waals surface area contributed by atoms with Gasteiger partial charge in [-0.3, -0.25) is 19.2 Å². The number of rotatable bonds is 15. The average molecular weight is 906 g/mol. The average Bonchev–Trinajstić information content (AvgIpc) is 3.24. The third kappa shape index (κ3) is 18.4. The van der Waals surface area contributed by atoms with Crippen molar-refractivity contribution in [3.8, 4) is 0 Å². The van der Waals surface area contributed by atoms with E-state index in [1.54, 1.807) is 0 Å². The van der Waals surface area contributed by atoms with Crippen LogP contribution in [0.25, 0.3) is 0 Å². The summed E-state index contributed by atoms with van der Waals surface area (Å²) in [4.78, 5) is 40.5. The molecule has 0 atom stereocenters. The SMILES string of the molecule is NC(=O)CCP(c1ccccc1)c1ccccc1.NC(=O)CCP(c1ccccc1)c1ccccc1.NC(=O)CCP(c1ccccc1)c1ccccc1.[C]=O.[H-].[H-].[H-].[Rh+3]. The van der Waals surface area contributed by atoms with Gasteiger partial charge in [-0.05, 0) is 74.1 Å². The molecular weight excluding hydrogens is 854 g/mol. The summed E-state index contributed by atoms with van der Waals surface area (Å²) in [6.07, 6.45) is 3.77. The van der Waals surface area contributed by atoms with E-state index < -0.39 is 23.8 Å². The number of hydrogen-bond donors (Lipinski definition) is 3. The minimum Gasteiger partial charge on any atom is -1.00 e. The van der Waals surface area contributed by atoms with Crippen molar-refractivity contribution in [3.63, 3.8) is 0 Å². The molecule has 0 heterocycles. The number of amides is 3. The Bertz CT molecular complexity index is 1650. The van der Waals surface area contributed by atoms with Gasteiger partial charge in [0.15, 0.2) is 0 Å². The molecule has 2 radical (unpaired) electrons. The maximum Gasteiger partial charge on any atom is 3.00 e. The molecule has 6 N–H and O–H groups in total. The van der Waals surface area contributed by atoms with Crippen LogP contribution in [0, 0.1) is 0 Å². The van der Waals surface area contributed by atoms with Crippen molar-refractivity contribution >= 4 is 80.1 Å². The summed E-state index contributed by atoms with van der Waals surface area (Å²) in [7, 11) is -1.45. The zero-order chi connectivity index (χ0) is 40.4. The quantitative estimate of drug-likeness (QED) is 0.0868. The predicted molar refractivity (Wildman–Crippen MR) is 242 cm³/mol. The molecule has 3 amide bonds. The van der Waals surface area contributed by atoms with Gasteiger partial charge in [0.2, 0.25) is 17.7 Å². The van der Waals surface area contributed by atoms with Crippen LogP contribution in [0.1, 0.15) is 23.5 Å². The Kier molecular flexibility index (Phi) is 24.4. The monoisotopic (exact) mass is 905 g/mol. The zero-order valence-corrected chi connectivity index (χ0v) is 35.9. The first-order valence-corrected chi connectivity index (χ1v) is 22.6. The maximum absolute atomic E-state index is 11.0. The first-order chi connectivity index (χ1) is 27.3. The minimum atomic E-state index is -0.484. The molecule has 6 rings (SSSR count). The van der Waals surface area contributed by atoms with Crippen LogP contribution < -0.4 is 49.0 Å². The fourth-order valence-electron chi connectivity index (χ4n) is 5.54. The molecule has 0 aromatic heterocycles. The molecule has 6 aromatic rings. The maximum atomic E-state index is 11.0. The second kappa shape index (κ2) is 28.7. The Morgan fingerprint density at radius 1 is 0.351 bits per heavy atom. The van der Waals surface area contributed by atoms with Gasteiger partial charge in [0.1, 0.15) is 0 Å². The molecule has 57 heavy (non-hydrogen) atoms. The van der Waals surface area contributed by atoms with Crippen molar-refractivity contribution in [2.45, 2.75) is 19.3 Å². The third-order valence-electron chi connectivity index (χ3n) is 8.15. The van der Waals surface area contributed by atoms with Gasteiger partial charge in [0.25, 0.3) is 6.79 Å². The van der Waals surface area contributed by atoms with E-state index in [4.69, 9.17) is 22.0 Å². The number of primary amides is 3. The standard InChI is InChI=1S/3C15H16NOP.CO.Rh.3H/c3*16-15(17)11-12-18(13-7-3-1-4-8-13)14-9-5-2-6-10-14;1-2;;;;/h3*1-10H,11-12H2,(H2,16,17);;;;;/q;;;;+3;3*-1.